The summed E-state index contributed by atoms with van der Waals surface area (Å²) < 4.78 is 4.94. The van der Waals surface area contributed by atoms with Crippen LogP contribution in [0.3, 0.4) is 0 Å². The van der Waals surface area contributed by atoms with Crippen LogP contribution < -0.4 is 5.32 Å². The molecule has 7 heteroatoms. The fourth-order valence-corrected chi connectivity index (χ4v) is 3.31. The van der Waals surface area contributed by atoms with E-state index in [0.29, 0.717) is 47.2 Å². The zero-order valence-corrected chi connectivity index (χ0v) is 14.3. The second-order valence-electron chi connectivity index (χ2n) is 5.73. The zero-order chi connectivity index (χ0) is 17.1. The Morgan fingerprint density at radius 3 is 2.38 bits per heavy atom. The van der Waals surface area contributed by atoms with E-state index in [1.807, 2.05) is 0 Å². The van der Waals surface area contributed by atoms with E-state index in [1.54, 1.807) is 29.2 Å². The van der Waals surface area contributed by atoms with Crippen molar-refractivity contribution in [2.75, 3.05) is 18.4 Å². The van der Waals surface area contributed by atoms with Gasteiger partial charge in [0.05, 0.1) is 11.8 Å². The van der Waals surface area contributed by atoms with E-state index < -0.39 is 0 Å². The standard InChI is InChI=1S/C17H16Cl2N2O3/c18-13-7-14(19)9-15(8-13)20-16(22)11-1-4-21(5-2-11)17(23)12-3-6-24-10-12/h3,6-11H,1-2,4-5H2,(H,20,22). The number of anilines is 1. The number of likely N-dealkylation sites (tertiary alicyclic amines) is 1. The number of hydrogen-bond acceptors (Lipinski definition) is 3. The number of piperidine rings is 1. The Bertz CT molecular complexity index is 718. The molecule has 24 heavy (non-hydrogen) atoms. The monoisotopic (exact) mass is 366 g/mol. The first-order chi connectivity index (χ1) is 11.5. The van der Waals surface area contributed by atoms with Gasteiger partial charge in [0.25, 0.3) is 5.91 Å². The Morgan fingerprint density at radius 2 is 1.79 bits per heavy atom. The van der Waals surface area contributed by atoms with E-state index in [1.165, 1.54) is 12.5 Å². The smallest absolute Gasteiger partial charge is 0.257 e. The minimum atomic E-state index is -0.142. The molecule has 2 aromatic rings. The average Bonchev–Trinajstić information content (AvgIpc) is 3.07. The van der Waals surface area contributed by atoms with Crippen LogP contribution in [0.4, 0.5) is 5.69 Å². The summed E-state index contributed by atoms with van der Waals surface area (Å²) in [6.07, 6.45) is 4.14. The number of halogens is 2. The van der Waals surface area contributed by atoms with E-state index in [9.17, 15) is 9.59 Å². The van der Waals surface area contributed by atoms with E-state index in [-0.39, 0.29) is 17.7 Å². The van der Waals surface area contributed by atoms with Gasteiger partial charge in [-0.1, -0.05) is 23.2 Å². The highest BCUT2D eigenvalue weighted by atomic mass is 35.5. The van der Waals surface area contributed by atoms with Crippen molar-refractivity contribution in [3.8, 4) is 0 Å². The molecule has 2 heterocycles. The topological polar surface area (TPSA) is 62.6 Å². The van der Waals surface area contributed by atoms with Gasteiger partial charge in [0.2, 0.25) is 5.91 Å². The van der Waals surface area contributed by atoms with Crippen LogP contribution in [0.5, 0.6) is 0 Å². The third-order valence-corrected chi connectivity index (χ3v) is 4.49. The highest BCUT2D eigenvalue weighted by Gasteiger charge is 2.28. The molecule has 0 atom stereocenters. The molecule has 1 aliphatic rings. The van der Waals surface area contributed by atoms with Crippen LogP contribution in [0.25, 0.3) is 0 Å². The van der Waals surface area contributed by atoms with Gasteiger partial charge in [0.1, 0.15) is 6.26 Å². The lowest BCUT2D eigenvalue weighted by Crippen LogP contribution is -2.41. The van der Waals surface area contributed by atoms with Crippen LogP contribution in [0, 0.1) is 5.92 Å². The van der Waals surface area contributed by atoms with Crippen molar-refractivity contribution < 1.29 is 14.0 Å². The predicted molar refractivity (Wildman–Crippen MR) is 92.4 cm³/mol. The summed E-state index contributed by atoms with van der Waals surface area (Å²) in [7, 11) is 0. The number of nitrogens with one attached hydrogen (secondary N) is 1. The normalized spacial score (nSPS) is 15.3. The third kappa shape index (κ3) is 3.91. The van der Waals surface area contributed by atoms with E-state index in [0.717, 1.165) is 0 Å². The van der Waals surface area contributed by atoms with Crippen LogP contribution in [0.15, 0.2) is 41.2 Å². The van der Waals surface area contributed by atoms with Gasteiger partial charge in [0.15, 0.2) is 0 Å². The van der Waals surface area contributed by atoms with Gasteiger partial charge in [-0.3, -0.25) is 9.59 Å². The minimum Gasteiger partial charge on any atom is -0.472 e. The molecular weight excluding hydrogens is 351 g/mol. The Balaban J connectivity index is 1.56. The van der Waals surface area contributed by atoms with Crippen LogP contribution >= 0.6 is 23.2 Å². The number of furan rings is 1. The predicted octanol–water partition coefficient (Wildman–Crippen LogP) is 4.08. The number of carbonyl (C=O) groups is 2. The summed E-state index contributed by atoms with van der Waals surface area (Å²) in [5.74, 6) is -0.288. The molecule has 1 aromatic carbocycles. The molecule has 126 valence electrons. The number of amides is 2. The highest BCUT2D eigenvalue weighted by molar-refractivity contribution is 6.35. The van der Waals surface area contributed by atoms with Crippen LogP contribution in [0.2, 0.25) is 10.0 Å². The molecule has 3 rings (SSSR count). The molecule has 0 saturated carbocycles. The molecule has 0 bridgehead atoms. The van der Waals surface area contributed by atoms with Crippen molar-refractivity contribution in [2.45, 2.75) is 12.8 Å². The molecule has 1 aromatic heterocycles. The van der Waals surface area contributed by atoms with Crippen molar-refractivity contribution in [1.82, 2.24) is 4.90 Å². The van der Waals surface area contributed by atoms with Crippen LogP contribution in [-0.2, 0) is 4.79 Å². The van der Waals surface area contributed by atoms with E-state index in [4.69, 9.17) is 27.6 Å². The maximum atomic E-state index is 12.4. The van der Waals surface area contributed by atoms with E-state index >= 15 is 0 Å². The number of nitrogens with zero attached hydrogens (tertiary/aromatic N) is 1. The van der Waals surface area contributed by atoms with Gasteiger partial charge in [-0.15, -0.1) is 0 Å². The van der Waals surface area contributed by atoms with Gasteiger partial charge in [-0.05, 0) is 37.1 Å². The Labute approximate surface area is 149 Å². The van der Waals surface area contributed by atoms with E-state index in [2.05, 4.69) is 5.32 Å². The largest absolute Gasteiger partial charge is 0.472 e. The first-order valence-electron chi connectivity index (χ1n) is 7.61. The summed E-state index contributed by atoms with van der Waals surface area (Å²) in [6, 6.07) is 6.56. The molecule has 1 saturated heterocycles. The molecule has 0 aliphatic carbocycles. The Hall–Kier alpha value is -1.98. The Kier molecular flexibility index (Phi) is 5.11. The molecule has 1 N–H and O–H groups in total. The second-order valence-corrected chi connectivity index (χ2v) is 6.60. The lowest BCUT2D eigenvalue weighted by Gasteiger charge is -2.31. The van der Waals surface area contributed by atoms with Gasteiger partial charge in [-0.2, -0.15) is 0 Å². The van der Waals surface area contributed by atoms with Crippen LogP contribution in [0.1, 0.15) is 23.2 Å². The summed E-state index contributed by atoms with van der Waals surface area (Å²) >= 11 is 11.9. The van der Waals surface area contributed by atoms with Crippen molar-refractivity contribution in [2.24, 2.45) is 5.92 Å². The fourth-order valence-electron chi connectivity index (χ4n) is 2.78. The average molecular weight is 367 g/mol. The lowest BCUT2D eigenvalue weighted by molar-refractivity contribution is -0.121. The summed E-state index contributed by atoms with van der Waals surface area (Å²) in [4.78, 5) is 26.4. The highest BCUT2D eigenvalue weighted by Crippen LogP contribution is 2.25. The number of carbonyl (C=O) groups excluding carboxylic acids is 2. The van der Waals surface area contributed by atoms with Crippen molar-refractivity contribution in [3.63, 3.8) is 0 Å². The number of rotatable bonds is 3. The first-order valence-corrected chi connectivity index (χ1v) is 8.37. The molecule has 5 nitrogen and oxygen atoms in total. The van der Waals surface area contributed by atoms with Gasteiger partial charge in [0, 0.05) is 34.7 Å². The maximum Gasteiger partial charge on any atom is 0.257 e. The lowest BCUT2D eigenvalue weighted by atomic mass is 9.95. The van der Waals surface area contributed by atoms with Crippen molar-refractivity contribution >= 4 is 40.7 Å². The molecular formula is C17H16Cl2N2O3. The summed E-state index contributed by atoms with van der Waals surface area (Å²) in [5, 5.41) is 3.78. The molecule has 0 spiro atoms. The summed E-state index contributed by atoms with van der Waals surface area (Å²) in [6.45, 7) is 1.08. The second kappa shape index (κ2) is 7.28. The number of benzene rings is 1. The van der Waals surface area contributed by atoms with Crippen molar-refractivity contribution in [3.05, 3.63) is 52.4 Å². The summed E-state index contributed by atoms with van der Waals surface area (Å²) in [5.41, 5.74) is 1.11. The van der Waals surface area contributed by atoms with Crippen LogP contribution in [-0.4, -0.2) is 29.8 Å². The number of hydrogen-bond donors (Lipinski definition) is 1. The maximum absolute atomic E-state index is 12.4. The molecule has 1 aliphatic heterocycles. The molecule has 1 fully saturated rings. The third-order valence-electron chi connectivity index (χ3n) is 4.05. The quantitative estimate of drug-likeness (QED) is 0.889. The first kappa shape index (κ1) is 16.9. The minimum absolute atomic E-state index is 0.0655. The van der Waals surface area contributed by atoms with Gasteiger partial charge >= 0.3 is 0 Å². The van der Waals surface area contributed by atoms with Gasteiger partial charge in [-0.25, -0.2) is 0 Å². The van der Waals surface area contributed by atoms with Crippen molar-refractivity contribution in [1.29, 1.82) is 0 Å². The molecule has 2 amide bonds. The molecule has 0 radical (unpaired) electrons. The molecule has 0 unspecified atom stereocenters. The Morgan fingerprint density at radius 1 is 1.12 bits per heavy atom. The fraction of sp³-hybridized carbons (Fsp3) is 0.294. The van der Waals surface area contributed by atoms with Gasteiger partial charge < -0.3 is 14.6 Å². The zero-order valence-electron chi connectivity index (χ0n) is 12.8. The SMILES string of the molecule is O=C(Nc1cc(Cl)cc(Cl)c1)C1CCN(C(=O)c2ccoc2)CC1.